The molecule has 1 aliphatic rings. The second-order valence-electron chi connectivity index (χ2n) is 3.80. The van der Waals surface area contributed by atoms with E-state index in [4.69, 9.17) is 5.73 Å². The van der Waals surface area contributed by atoms with Crippen molar-refractivity contribution in [2.45, 2.75) is 32.2 Å². The summed E-state index contributed by atoms with van der Waals surface area (Å²) in [4.78, 5) is 24.0. The Kier molecular flexibility index (Phi) is 4.55. The first kappa shape index (κ1) is 12.0. The number of nitrogens with zero attached hydrogens (tertiary/aromatic N) is 1. The fourth-order valence-corrected chi connectivity index (χ4v) is 1.53. The van der Waals surface area contributed by atoms with Crippen molar-refractivity contribution in [3.63, 3.8) is 0 Å². The van der Waals surface area contributed by atoms with E-state index in [1.807, 2.05) is 11.8 Å². The summed E-state index contributed by atoms with van der Waals surface area (Å²) in [6, 6.07) is 0.459. The standard InChI is InChI=1S/C10H19N3O2/c1-2-13(8-3-4-8)10(15)7-12-6-5-9(11)14/h8,12H,2-7H2,1H3,(H2,11,14). The van der Waals surface area contributed by atoms with Crippen molar-refractivity contribution in [1.29, 1.82) is 0 Å². The van der Waals surface area contributed by atoms with Gasteiger partial charge in [0.2, 0.25) is 11.8 Å². The highest BCUT2D eigenvalue weighted by molar-refractivity contribution is 5.79. The van der Waals surface area contributed by atoms with E-state index in [9.17, 15) is 9.59 Å². The first-order chi connectivity index (χ1) is 7.15. The van der Waals surface area contributed by atoms with Gasteiger partial charge in [0, 0.05) is 25.6 Å². The highest BCUT2D eigenvalue weighted by Crippen LogP contribution is 2.26. The molecule has 0 unspecified atom stereocenters. The third-order valence-corrected chi connectivity index (χ3v) is 2.47. The van der Waals surface area contributed by atoms with Crippen molar-refractivity contribution in [2.24, 2.45) is 5.73 Å². The van der Waals surface area contributed by atoms with Crippen LogP contribution in [-0.2, 0) is 9.59 Å². The molecule has 0 aromatic carbocycles. The molecule has 1 saturated carbocycles. The van der Waals surface area contributed by atoms with Gasteiger partial charge in [-0.15, -0.1) is 0 Å². The Balaban J connectivity index is 2.13. The number of hydrogen-bond acceptors (Lipinski definition) is 3. The molecule has 15 heavy (non-hydrogen) atoms. The summed E-state index contributed by atoms with van der Waals surface area (Å²) in [5, 5.41) is 2.92. The normalized spacial score (nSPS) is 15.0. The van der Waals surface area contributed by atoms with Crippen LogP contribution in [0.3, 0.4) is 0 Å². The number of primary amides is 1. The molecule has 0 bridgehead atoms. The van der Waals surface area contributed by atoms with Crippen LogP contribution in [0, 0.1) is 0 Å². The number of nitrogens with two attached hydrogens (primary N) is 1. The molecule has 0 spiro atoms. The second kappa shape index (κ2) is 5.70. The monoisotopic (exact) mass is 213 g/mol. The Labute approximate surface area is 90.0 Å². The molecule has 0 aromatic rings. The lowest BCUT2D eigenvalue weighted by atomic mass is 10.4. The van der Waals surface area contributed by atoms with Crippen LogP contribution < -0.4 is 11.1 Å². The molecule has 0 atom stereocenters. The van der Waals surface area contributed by atoms with E-state index in [-0.39, 0.29) is 18.2 Å². The largest absolute Gasteiger partial charge is 0.370 e. The summed E-state index contributed by atoms with van der Waals surface area (Å²) in [6.07, 6.45) is 2.53. The van der Waals surface area contributed by atoms with Crippen LogP contribution in [0.15, 0.2) is 0 Å². The molecule has 0 heterocycles. The molecule has 0 saturated heterocycles. The lowest BCUT2D eigenvalue weighted by Gasteiger charge is -2.20. The minimum atomic E-state index is -0.343. The number of hydrogen-bond donors (Lipinski definition) is 2. The summed E-state index contributed by atoms with van der Waals surface area (Å²) in [7, 11) is 0. The van der Waals surface area contributed by atoms with Crippen molar-refractivity contribution in [3.8, 4) is 0 Å². The summed E-state index contributed by atoms with van der Waals surface area (Å²) in [5.41, 5.74) is 4.98. The van der Waals surface area contributed by atoms with Crippen LogP contribution in [-0.4, -0.2) is 42.4 Å². The minimum absolute atomic E-state index is 0.115. The van der Waals surface area contributed by atoms with Gasteiger partial charge in [-0.05, 0) is 19.8 Å². The average molecular weight is 213 g/mol. The summed E-state index contributed by atoms with van der Waals surface area (Å²) < 4.78 is 0. The lowest BCUT2D eigenvalue weighted by molar-refractivity contribution is -0.130. The second-order valence-corrected chi connectivity index (χ2v) is 3.80. The number of carbonyl (C=O) groups excluding carboxylic acids is 2. The van der Waals surface area contributed by atoms with Gasteiger partial charge in [0.1, 0.15) is 0 Å². The third-order valence-electron chi connectivity index (χ3n) is 2.47. The SMILES string of the molecule is CCN(C(=O)CNCCC(N)=O)C1CC1. The Morgan fingerprint density at radius 2 is 2.13 bits per heavy atom. The molecule has 5 heteroatoms. The Hall–Kier alpha value is -1.10. The zero-order valence-electron chi connectivity index (χ0n) is 9.16. The number of nitrogens with one attached hydrogen (secondary N) is 1. The van der Waals surface area contributed by atoms with E-state index in [0.29, 0.717) is 19.1 Å². The van der Waals surface area contributed by atoms with E-state index in [1.165, 1.54) is 0 Å². The quantitative estimate of drug-likeness (QED) is 0.558. The molecule has 86 valence electrons. The summed E-state index contributed by atoms with van der Waals surface area (Å²) >= 11 is 0. The number of carbonyl (C=O) groups is 2. The predicted molar refractivity (Wildman–Crippen MR) is 57.1 cm³/mol. The molecule has 3 N–H and O–H groups in total. The van der Waals surface area contributed by atoms with Crippen molar-refractivity contribution in [3.05, 3.63) is 0 Å². The highest BCUT2D eigenvalue weighted by atomic mass is 16.2. The van der Waals surface area contributed by atoms with Crippen LogP contribution in [0.25, 0.3) is 0 Å². The average Bonchev–Trinajstić information content (AvgIpc) is 2.97. The van der Waals surface area contributed by atoms with E-state index in [0.717, 1.165) is 19.4 Å². The molecule has 0 aromatic heterocycles. The molecule has 0 aliphatic heterocycles. The third kappa shape index (κ3) is 4.29. The number of amides is 2. The van der Waals surface area contributed by atoms with Gasteiger partial charge in [-0.1, -0.05) is 0 Å². The number of likely N-dealkylation sites (N-methyl/N-ethyl adjacent to an activating group) is 1. The molecular formula is C10H19N3O2. The smallest absolute Gasteiger partial charge is 0.236 e. The molecule has 1 rings (SSSR count). The fourth-order valence-electron chi connectivity index (χ4n) is 1.53. The topological polar surface area (TPSA) is 75.4 Å². The van der Waals surface area contributed by atoms with Gasteiger partial charge < -0.3 is 16.0 Å². The molecular weight excluding hydrogens is 194 g/mol. The van der Waals surface area contributed by atoms with Gasteiger partial charge in [0.15, 0.2) is 0 Å². The Morgan fingerprint density at radius 3 is 2.60 bits per heavy atom. The predicted octanol–water partition coefficient (Wildman–Crippen LogP) is -0.538. The van der Waals surface area contributed by atoms with Gasteiger partial charge in [-0.25, -0.2) is 0 Å². The first-order valence-corrected chi connectivity index (χ1v) is 5.43. The first-order valence-electron chi connectivity index (χ1n) is 5.43. The van der Waals surface area contributed by atoms with Gasteiger partial charge in [-0.2, -0.15) is 0 Å². The molecule has 1 fully saturated rings. The van der Waals surface area contributed by atoms with Crippen LogP contribution in [0.2, 0.25) is 0 Å². The maximum absolute atomic E-state index is 11.6. The van der Waals surface area contributed by atoms with Crippen molar-refractivity contribution >= 4 is 11.8 Å². The highest BCUT2D eigenvalue weighted by Gasteiger charge is 2.30. The van der Waals surface area contributed by atoms with E-state index in [2.05, 4.69) is 5.32 Å². The van der Waals surface area contributed by atoms with Gasteiger partial charge >= 0.3 is 0 Å². The van der Waals surface area contributed by atoms with E-state index >= 15 is 0 Å². The number of rotatable bonds is 7. The maximum atomic E-state index is 11.6. The maximum Gasteiger partial charge on any atom is 0.236 e. The van der Waals surface area contributed by atoms with Crippen molar-refractivity contribution in [1.82, 2.24) is 10.2 Å². The van der Waals surface area contributed by atoms with Crippen molar-refractivity contribution < 1.29 is 9.59 Å². The fraction of sp³-hybridized carbons (Fsp3) is 0.800. The van der Waals surface area contributed by atoms with Crippen LogP contribution >= 0.6 is 0 Å². The van der Waals surface area contributed by atoms with Crippen LogP contribution in [0.4, 0.5) is 0 Å². The Bertz CT molecular complexity index is 239. The van der Waals surface area contributed by atoms with E-state index in [1.54, 1.807) is 0 Å². The zero-order chi connectivity index (χ0) is 11.3. The van der Waals surface area contributed by atoms with Crippen LogP contribution in [0.5, 0.6) is 0 Å². The summed E-state index contributed by atoms with van der Waals surface area (Å²) in [5.74, 6) is -0.228. The zero-order valence-corrected chi connectivity index (χ0v) is 9.16. The molecule has 2 amide bonds. The lowest BCUT2D eigenvalue weighted by Crippen LogP contribution is -2.40. The molecule has 1 aliphatic carbocycles. The van der Waals surface area contributed by atoms with Gasteiger partial charge in [0.25, 0.3) is 0 Å². The molecule has 0 radical (unpaired) electrons. The van der Waals surface area contributed by atoms with E-state index < -0.39 is 0 Å². The van der Waals surface area contributed by atoms with Gasteiger partial charge in [0.05, 0.1) is 6.54 Å². The van der Waals surface area contributed by atoms with Crippen LogP contribution in [0.1, 0.15) is 26.2 Å². The molecule has 5 nitrogen and oxygen atoms in total. The minimum Gasteiger partial charge on any atom is -0.370 e. The summed E-state index contributed by atoms with van der Waals surface area (Å²) in [6.45, 7) is 3.53. The van der Waals surface area contributed by atoms with Crippen molar-refractivity contribution in [2.75, 3.05) is 19.6 Å². The Morgan fingerprint density at radius 1 is 1.47 bits per heavy atom. The van der Waals surface area contributed by atoms with Gasteiger partial charge in [-0.3, -0.25) is 9.59 Å².